The Kier molecular flexibility index (Phi) is 6.52. The van der Waals surface area contributed by atoms with Crippen LogP contribution >= 0.6 is 0 Å². The Morgan fingerprint density at radius 2 is 1.48 bits per heavy atom. The molecule has 2 heteroatoms. The Labute approximate surface area is 152 Å². The van der Waals surface area contributed by atoms with Crippen molar-refractivity contribution < 1.29 is 8.78 Å². The van der Waals surface area contributed by atoms with Crippen molar-refractivity contribution in [3.05, 3.63) is 35.4 Å². The van der Waals surface area contributed by atoms with Crippen molar-refractivity contribution in [3.8, 4) is 0 Å². The zero-order valence-corrected chi connectivity index (χ0v) is 15.9. The van der Waals surface area contributed by atoms with Crippen LogP contribution in [0.5, 0.6) is 0 Å². The van der Waals surface area contributed by atoms with E-state index in [2.05, 4.69) is 13.8 Å². The first-order valence-electron chi connectivity index (χ1n) is 10.5. The molecule has 0 radical (unpaired) electrons. The van der Waals surface area contributed by atoms with Gasteiger partial charge in [0.1, 0.15) is 0 Å². The van der Waals surface area contributed by atoms with Crippen LogP contribution in [0, 0.1) is 35.3 Å². The molecule has 0 bridgehead atoms. The van der Waals surface area contributed by atoms with Gasteiger partial charge in [-0.15, -0.1) is 0 Å². The Balaban J connectivity index is 1.49. The van der Waals surface area contributed by atoms with Crippen molar-refractivity contribution in [2.45, 2.75) is 84.0 Å². The summed E-state index contributed by atoms with van der Waals surface area (Å²) in [5.74, 6) is 2.36. The highest BCUT2D eigenvalue weighted by Gasteiger charge is 2.32. The second-order valence-corrected chi connectivity index (χ2v) is 8.71. The van der Waals surface area contributed by atoms with Crippen LogP contribution in [0.1, 0.15) is 89.5 Å². The highest BCUT2D eigenvalue weighted by atomic mass is 19.2. The third-order valence-corrected chi connectivity index (χ3v) is 7.25. The van der Waals surface area contributed by atoms with Crippen LogP contribution in [0.4, 0.5) is 8.78 Å². The van der Waals surface area contributed by atoms with Crippen molar-refractivity contribution >= 4 is 0 Å². The first-order valence-corrected chi connectivity index (χ1v) is 10.5. The van der Waals surface area contributed by atoms with Crippen LogP contribution in [0.15, 0.2) is 18.2 Å². The summed E-state index contributed by atoms with van der Waals surface area (Å²) in [6, 6.07) is 4.45. The Morgan fingerprint density at radius 1 is 0.880 bits per heavy atom. The molecule has 1 aromatic rings. The molecule has 2 saturated carbocycles. The zero-order valence-electron chi connectivity index (χ0n) is 15.9. The average molecular weight is 349 g/mol. The van der Waals surface area contributed by atoms with Crippen LogP contribution in [-0.4, -0.2) is 0 Å². The van der Waals surface area contributed by atoms with Gasteiger partial charge < -0.3 is 0 Å². The van der Waals surface area contributed by atoms with Gasteiger partial charge in [0.2, 0.25) is 0 Å². The fourth-order valence-electron chi connectivity index (χ4n) is 5.54. The lowest BCUT2D eigenvalue weighted by molar-refractivity contribution is 0.137. The van der Waals surface area contributed by atoms with E-state index in [1.54, 1.807) is 6.07 Å². The molecule has 0 aromatic heterocycles. The van der Waals surface area contributed by atoms with E-state index in [0.29, 0.717) is 11.8 Å². The zero-order chi connectivity index (χ0) is 17.8. The number of rotatable bonds is 5. The number of hydrogen-bond acceptors (Lipinski definition) is 0. The van der Waals surface area contributed by atoms with Gasteiger partial charge in [-0.05, 0) is 85.8 Å². The van der Waals surface area contributed by atoms with Gasteiger partial charge in [0.05, 0.1) is 0 Å². The highest BCUT2D eigenvalue weighted by Crippen LogP contribution is 2.45. The predicted octanol–water partition coefficient (Wildman–Crippen LogP) is 7.48. The lowest BCUT2D eigenvalue weighted by Gasteiger charge is -2.39. The van der Waals surface area contributed by atoms with Gasteiger partial charge in [0, 0.05) is 0 Å². The Morgan fingerprint density at radius 3 is 2.04 bits per heavy atom. The van der Waals surface area contributed by atoms with E-state index in [9.17, 15) is 8.78 Å². The molecular weight excluding hydrogens is 314 g/mol. The molecule has 1 unspecified atom stereocenters. The third-order valence-electron chi connectivity index (χ3n) is 7.25. The van der Waals surface area contributed by atoms with E-state index in [4.69, 9.17) is 0 Å². The molecule has 0 saturated heterocycles. The van der Waals surface area contributed by atoms with E-state index >= 15 is 0 Å². The van der Waals surface area contributed by atoms with Gasteiger partial charge in [-0.3, -0.25) is 0 Å². The minimum Gasteiger partial charge on any atom is -0.204 e. The molecule has 1 atom stereocenters. The highest BCUT2D eigenvalue weighted by molar-refractivity contribution is 5.22. The lowest BCUT2D eigenvalue weighted by atomic mass is 9.66. The largest absolute Gasteiger partial charge is 0.204 e. The molecule has 0 aliphatic heterocycles. The van der Waals surface area contributed by atoms with Crippen LogP contribution < -0.4 is 0 Å². The van der Waals surface area contributed by atoms with E-state index in [1.807, 2.05) is 0 Å². The van der Waals surface area contributed by atoms with Crippen molar-refractivity contribution in [1.29, 1.82) is 0 Å². The van der Waals surface area contributed by atoms with Gasteiger partial charge in [-0.2, -0.15) is 0 Å². The van der Waals surface area contributed by atoms with Crippen LogP contribution in [-0.2, 0) is 0 Å². The van der Waals surface area contributed by atoms with E-state index in [-0.39, 0.29) is 0 Å². The maximum atomic E-state index is 13.5. The minimum atomic E-state index is -0.738. The normalized spacial score (nSPS) is 31.7. The van der Waals surface area contributed by atoms with Crippen LogP contribution in [0.2, 0.25) is 0 Å². The summed E-state index contributed by atoms with van der Waals surface area (Å²) in [7, 11) is 0. The molecular formula is C23H34F2. The summed E-state index contributed by atoms with van der Waals surface area (Å²) >= 11 is 0. The smallest absolute Gasteiger partial charge is 0.159 e. The molecule has 1 aromatic carbocycles. The molecule has 0 heterocycles. The molecule has 0 nitrogen and oxygen atoms in total. The van der Waals surface area contributed by atoms with E-state index in [0.717, 1.165) is 23.3 Å². The predicted molar refractivity (Wildman–Crippen MR) is 101 cm³/mol. The maximum Gasteiger partial charge on any atom is 0.159 e. The summed E-state index contributed by atoms with van der Waals surface area (Å²) < 4.78 is 26.7. The van der Waals surface area contributed by atoms with Gasteiger partial charge in [0.15, 0.2) is 11.6 Å². The van der Waals surface area contributed by atoms with Gasteiger partial charge >= 0.3 is 0 Å². The Hall–Kier alpha value is -0.920. The average Bonchev–Trinajstić information content (AvgIpc) is 2.64. The van der Waals surface area contributed by atoms with Gasteiger partial charge in [0.25, 0.3) is 0 Å². The van der Waals surface area contributed by atoms with Crippen molar-refractivity contribution in [2.24, 2.45) is 23.7 Å². The maximum absolute atomic E-state index is 13.5. The van der Waals surface area contributed by atoms with Crippen LogP contribution in [0.25, 0.3) is 0 Å². The fraction of sp³-hybridized carbons (Fsp3) is 0.739. The number of benzene rings is 1. The number of halogens is 2. The first-order chi connectivity index (χ1) is 12.1. The number of hydrogen-bond donors (Lipinski definition) is 0. The second kappa shape index (κ2) is 8.64. The first kappa shape index (κ1) is 18.9. The Bertz CT molecular complexity index is 537. The van der Waals surface area contributed by atoms with Crippen molar-refractivity contribution in [1.82, 2.24) is 0 Å². The molecule has 3 rings (SSSR count). The van der Waals surface area contributed by atoms with Crippen molar-refractivity contribution in [2.75, 3.05) is 0 Å². The molecule has 140 valence electrons. The molecule has 2 aliphatic rings. The van der Waals surface area contributed by atoms with Gasteiger partial charge in [-0.1, -0.05) is 45.6 Å². The summed E-state index contributed by atoms with van der Waals surface area (Å²) in [5, 5.41) is 0. The second-order valence-electron chi connectivity index (χ2n) is 8.71. The SMILES string of the molecule is CCC[C@H]1CC[C@H](C2CCC(C(C)c3ccc(F)c(F)c3)CC2)CC1. The molecule has 0 amide bonds. The summed E-state index contributed by atoms with van der Waals surface area (Å²) in [4.78, 5) is 0. The van der Waals surface area contributed by atoms with Gasteiger partial charge in [-0.25, -0.2) is 8.78 Å². The molecule has 25 heavy (non-hydrogen) atoms. The molecule has 2 aliphatic carbocycles. The van der Waals surface area contributed by atoms with E-state index < -0.39 is 11.6 Å². The molecule has 0 N–H and O–H groups in total. The summed E-state index contributed by atoms with van der Waals surface area (Å²) in [5.41, 5.74) is 0.961. The van der Waals surface area contributed by atoms with Crippen LogP contribution in [0.3, 0.4) is 0 Å². The molecule has 2 fully saturated rings. The van der Waals surface area contributed by atoms with Crippen molar-refractivity contribution in [3.63, 3.8) is 0 Å². The standard InChI is InChI=1S/C23H34F2/c1-3-4-17-5-7-19(8-6-17)20-11-9-18(10-12-20)16(2)21-13-14-22(24)23(25)15-21/h13-20H,3-12H2,1-2H3/t16?,17-,18?,19-,20?. The molecule has 0 spiro atoms. The van der Waals surface area contributed by atoms with E-state index in [1.165, 1.54) is 76.3 Å². The minimum absolute atomic E-state index is 0.330. The summed E-state index contributed by atoms with van der Waals surface area (Å²) in [6.07, 6.45) is 13.7. The monoisotopic (exact) mass is 348 g/mol. The topological polar surface area (TPSA) is 0 Å². The fourth-order valence-corrected chi connectivity index (χ4v) is 5.54. The summed E-state index contributed by atoms with van der Waals surface area (Å²) in [6.45, 7) is 4.50. The third kappa shape index (κ3) is 4.63. The quantitative estimate of drug-likeness (QED) is 0.517. The lowest BCUT2D eigenvalue weighted by Crippen LogP contribution is -2.27.